The minimum absolute atomic E-state index is 0.156. The van der Waals surface area contributed by atoms with Crippen molar-refractivity contribution in [1.82, 2.24) is 24.6 Å². The van der Waals surface area contributed by atoms with Gasteiger partial charge < -0.3 is 9.80 Å². The summed E-state index contributed by atoms with van der Waals surface area (Å²) in [6, 6.07) is 9.81. The molecule has 1 saturated heterocycles. The quantitative estimate of drug-likeness (QED) is 0.536. The van der Waals surface area contributed by atoms with Gasteiger partial charge in [0.15, 0.2) is 0 Å². The van der Waals surface area contributed by atoms with E-state index in [0.29, 0.717) is 30.5 Å². The van der Waals surface area contributed by atoms with Gasteiger partial charge in [0.25, 0.3) is 0 Å². The molecule has 8 heteroatoms. The highest BCUT2D eigenvalue weighted by Gasteiger charge is 2.28. The predicted octanol–water partition coefficient (Wildman–Crippen LogP) is 4.47. The summed E-state index contributed by atoms with van der Waals surface area (Å²) in [4.78, 5) is 26.4. The van der Waals surface area contributed by atoms with E-state index in [0.717, 1.165) is 47.6 Å². The van der Waals surface area contributed by atoms with Crippen LogP contribution in [-0.2, 0) is 11.3 Å². The second-order valence-electron chi connectivity index (χ2n) is 8.95. The molecule has 1 amide bonds. The summed E-state index contributed by atoms with van der Waals surface area (Å²) in [6.07, 6.45) is 4.29. The number of likely N-dealkylation sites (tertiary alicyclic amines) is 1. The molecule has 33 heavy (non-hydrogen) atoms. The minimum atomic E-state index is 0.156. The molecule has 7 nitrogen and oxygen atoms in total. The molecule has 3 aromatic rings. The van der Waals surface area contributed by atoms with Crippen LogP contribution in [-0.4, -0.2) is 57.7 Å². The third-order valence-electron chi connectivity index (χ3n) is 6.16. The Balaban J connectivity index is 1.55. The molecule has 0 N–H and O–H groups in total. The maximum absolute atomic E-state index is 13.1. The van der Waals surface area contributed by atoms with E-state index >= 15 is 0 Å². The van der Waals surface area contributed by atoms with E-state index in [1.54, 1.807) is 0 Å². The Morgan fingerprint density at radius 1 is 1.21 bits per heavy atom. The van der Waals surface area contributed by atoms with Crippen LogP contribution in [0.2, 0.25) is 5.02 Å². The van der Waals surface area contributed by atoms with Gasteiger partial charge in [-0.3, -0.25) is 9.48 Å². The Labute approximate surface area is 200 Å². The number of halogens is 1. The average molecular weight is 467 g/mol. The van der Waals surface area contributed by atoms with Crippen molar-refractivity contribution in [1.29, 1.82) is 0 Å². The standard InChI is InChI=1S/C25H31ClN6O/c1-17-14-18(2)32(29-17)13-11-23(33)31-12-5-6-20(16-31)24-22(15-27-25(28-24)30(3)4)19-7-9-21(26)10-8-19/h7-10,14-15,20H,5-6,11-13,16H2,1-4H3/t20-/m1/s1. The predicted molar refractivity (Wildman–Crippen MR) is 132 cm³/mol. The van der Waals surface area contributed by atoms with Crippen LogP contribution in [0.25, 0.3) is 11.1 Å². The van der Waals surface area contributed by atoms with Gasteiger partial charge in [-0.15, -0.1) is 0 Å². The molecule has 4 rings (SSSR count). The molecule has 0 bridgehead atoms. The molecule has 0 aliphatic carbocycles. The summed E-state index contributed by atoms with van der Waals surface area (Å²) in [5.74, 6) is 1.00. The number of hydrogen-bond acceptors (Lipinski definition) is 5. The molecule has 1 aliphatic heterocycles. The zero-order valence-corrected chi connectivity index (χ0v) is 20.5. The first kappa shape index (κ1) is 23.2. The molecule has 0 unspecified atom stereocenters. The van der Waals surface area contributed by atoms with Crippen molar-refractivity contribution in [3.05, 3.63) is 58.6 Å². The van der Waals surface area contributed by atoms with Crippen molar-refractivity contribution in [2.45, 2.75) is 45.6 Å². The van der Waals surface area contributed by atoms with Gasteiger partial charge in [0, 0.05) is 68.5 Å². The largest absolute Gasteiger partial charge is 0.347 e. The van der Waals surface area contributed by atoms with Crippen molar-refractivity contribution in [2.75, 3.05) is 32.1 Å². The molecule has 0 radical (unpaired) electrons. The van der Waals surface area contributed by atoms with Crippen molar-refractivity contribution >= 4 is 23.5 Å². The summed E-state index contributed by atoms with van der Waals surface area (Å²) in [5, 5.41) is 5.18. The number of carbonyl (C=O) groups excluding carboxylic acids is 1. The van der Waals surface area contributed by atoms with Crippen molar-refractivity contribution in [3.8, 4) is 11.1 Å². The highest BCUT2D eigenvalue weighted by molar-refractivity contribution is 6.30. The fraction of sp³-hybridized carbons (Fsp3) is 0.440. The van der Waals surface area contributed by atoms with E-state index in [1.165, 1.54) is 0 Å². The smallest absolute Gasteiger partial charge is 0.225 e. The van der Waals surface area contributed by atoms with E-state index in [2.05, 4.69) is 10.1 Å². The fourth-order valence-electron chi connectivity index (χ4n) is 4.45. The Bertz CT molecular complexity index is 1120. The molecular formula is C25H31ClN6O. The van der Waals surface area contributed by atoms with E-state index in [9.17, 15) is 4.79 Å². The molecule has 1 atom stereocenters. The first-order valence-corrected chi connectivity index (χ1v) is 11.8. The number of aryl methyl sites for hydroxylation is 3. The molecule has 1 fully saturated rings. The number of aromatic nitrogens is 4. The topological polar surface area (TPSA) is 67.2 Å². The number of benzene rings is 1. The number of carbonyl (C=O) groups is 1. The van der Waals surface area contributed by atoms with Gasteiger partial charge in [-0.05, 0) is 50.5 Å². The minimum Gasteiger partial charge on any atom is -0.347 e. The van der Waals surface area contributed by atoms with E-state index < -0.39 is 0 Å². The first-order chi connectivity index (χ1) is 15.8. The van der Waals surface area contributed by atoms with Crippen LogP contribution >= 0.6 is 11.6 Å². The van der Waals surface area contributed by atoms with Crippen LogP contribution < -0.4 is 4.90 Å². The zero-order chi connectivity index (χ0) is 23.5. The lowest BCUT2D eigenvalue weighted by Gasteiger charge is -2.33. The van der Waals surface area contributed by atoms with Crippen LogP contribution in [0, 0.1) is 13.8 Å². The normalized spacial score (nSPS) is 16.2. The van der Waals surface area contributed by atoms with Gasteiger partial charge in [-0.25, -0.2) is 9.97 Å². The van der Waals surface area contributed by atoms with E-state index in [4.69, 9.17) is 16.6 Å². The number of nitrogens with zero attached hydrogens (tertiary/aromatic N) is 6. The number of piperidine rings is 1. The lowest BCUT2D eigenvalue weighted by Crippen LogP contribution is -2.40. The second kappa shape index (κ2) is 9.91. The van der Waals surface area contributed by atoms with Gasteiger partial charge in [0.1, 0.15) is 0 Å². The van der Waals surface area contributed by atoms with Gasteiger partial charge in [0.2, 0.25) is 11.9 Å². The number of rotatable bonds is 6. The van der Waals surface area contributed by atoms with Gasteiger partial charge in [-0.2, -0.15) is 5.10 Å². The Kier molecular flexibility index (Phi) is 6.98. The molecule has 1 aromatic carbocycles. The van der Waals surface area contributed by atoms with Crippen LogP contribution in [0.1, 0.15) is 42.3 Å². The molecular weight excluding hydrogens is 436 g/mol. The van der Waals surface area contributed by atoms with E-state index in [-0.39, 0.29) is 11.8 Å². The maximum atomic E-state index is 13.1. The van der Waals surface area contributed by atoms with Crippen molar-refractivity contribution in [2.24, 2.45) is 0 Å². The highest BCUT2D eigenvalue weighted by atomic mass is 35.5. The molecule has 3 heterocycles. The van der Waals surface area contributed by atoms with Crippen LogP contribution in [0.5, 0.6) is 0 Å². The monoisotopic (exact) mass is 466 g/mol. The summed E-state index contributed by atoms with van der Waals surface area (Å²) >= 11 is 6.11. The fourth-order valence-corrected chi connectivity index (χ4v) is 4.58. The SMILES string of the molecule is Cc1cc(C)n(CCC(=O)N2CCC[C@@H](c3nc(N(C)C)ncc3-c3ccc(Cl)cc3)C2)n1. The zero-order valence-electron chi connectivity index (χ0n) is 19.8. The molecule has 0 saturated carbocycles. The van der Waals surface area contributed by atoms with Gasteiger partial charge >= 0.3 is 0 Å². The Morgan fingerprint density at radius 2 is 1.97 bits per heavy atom. The first-order valence-electron chi connectivity index (χ1n) is 11.4. The van der Waals surface area contributed by atoms with E-state index in [1.807, 2.05) is 79.0 Å². The molecule has 174 valence electrons. The Morgan fingerprint density at radius 3 is 2.64 bits per heavy atom. The van der Waals surface area contributed by atoms with Crippen LogP contribution in [0.3, 0.4) is 0 Å². The lowest BCUT2D eigenvalue weighted by atomic mass is 9.89. The number of anilines is 1. The maximum Gasteiger partial charge on any atom is 0.225 e. The lowest BCUT2D eigenvalue weighted by molar-refractivity contribution is -0.132. The summed E-state index contributed by atoms with van der Waals surface area (Å²) in [7, 11) is 3.88. The van der Waals surface area contributed by atoms with Crippen molar-refractivity contribution in [3.63, 3.8) is 0 Å². The third-order valence-corrected chi connectivity index (χ3v) is 6.41. The molecule has 0 spiro atoms. The number of amides is 1. The summed E-state index contributed by atoms with van der Waals surface area (Å²) in [6.45, 7) is 6.06. The third kappa shape index (κ3) is 5.36. The second-order valence-corrected chi connectivity index (χ2v) is 9.39. The van der Waals surface area contributed by atoms with Gasteiger partial charge in [0.05, 0.1) is 11.4 Å². The van der Waals surface area contributed by atoms with Crippen molar-refractivity contribution < 1.29 is 4.79 Å². The van der Waals surface area contributed by atoms with Gasteiger partial charge in [-0.1, -0.05) is 23.7 Å². The summed E-state index contributed by atoms with van der Waals surface area (Å²) in [5.41, 5.74) is 5.09. The van der Waals surface area contributed by atoms with Crippen LogP contribution in [0.15, 0.2) is 36.5 Å². The highest BCUT2D eigenvalue weighted by Crippen LogP contribution is 2.34. The molecule has 2 aromatic heterocycles. The summed E-state index contributed by atoms with van der Waals surface area (Å²) < 4.78 is 1.92. The van der Waals surface area contributed by atoms with Crippen LogP contribution in [0.4, 0.5) is 5.95 Å². The average Bonchev–Trinajstić information content (AvgIpc) is 3.14. The Hall–Kier alpha value is -2.93. The molecule has 1 aliphatic rings. The number of hydrogen-bond donors (Lipinski definition) is 0.